The zero-order valence-electron chi connectivity index (χ0n) is 21.7. The number of barbiturate groups is 1. The Bertz CT molecular complexity index is 1490. The molecule has 12 heteroatoms. The van der Waals surface area contributed by atoms with Crippen LogP contribution in [0.3, 0.4) is 0 Å². The van der Waals surface area contributed by atoms with Crippen molar-refractivity contribution in [1.29, 1.82) is 0 Å². The van der Waals surface area contributed by atoms with Gasteiger partial charge in [0.2, 0.25) is 17.7 Å². The van der Waals surface area contributed by atoms with Crippen molar-refractivity contribution in [3.63, 3.8) is 0 Å². The molecule has 200 valence electrons. The van der Waals surface area contributed by atoms with Crippen molar-refractivity contribution in [2.45, 2.75) is 51.6 Å². The predicted molar refractivity (Wildman–Crippen MR) is 144 cm³/mol. The lowest BCUT2D eigenvalue weighted by atomic mass is 9.68. The summed E-state index contributed by atoms with van der Waals surface area (Å²) in [6.07, 6.45) is 3.62. The smallest absolute Gasteiger partial charge is 0.332 e. The maximum Gasteiger partial charge on any atom is 0.332 e. The maximum atomic E-state index is 13.6. The number of aliphatic imine (C=N–C) groups is 1. The molecule has 0 unspecified atom stereocenters. The second-order valence-electron chi connectivity index (χ2n) is 10.2. The van der Waals surface area contributed by atoms with E-state index in [2.05, 4.69) is 14.9 Å². The molecule has 0 aliphatic carbocycles. The van der Waals surface area contributed by atoms with Gasteiger partial charge in [-0.25, -0.2) is 4.79 Å². The number of urea groups is 1. The highest BCUT2D eigenvalue weighted by molar-refractivity contribution is 7.71. The summed E-state index contributed by atoms with van der Waals surface area (Å²) in [6.45, 7) is 4.52. The molecule has 0 bridgehead atoms. The van der Waals surface area contributed by atoms with Gasteiger partial charge < -0.3 is 10.0 Å². The molecule has 5 rings (SSSR count). The van der Waals surface area contributed by atoms with E-state index in [9.17, 15) is 24.3 Å². The van der Waals surface area contributed by atoms with Gasteiger partial charge in [-0.1, -0.05) is 6.92 Å². The molecule has 11 nitrogen and oxygen atoms in total. The Morgan fingerprint density at radius 1 is 1.21 bits per heavy atom. The summed E-state index contributed by atoms with van der Waals surface area (Å²) < 4.78 is 1.62. The van der Waals surface area contributed by atoms with Gasteiger partial charge in [0.1, 0.15) is 5.56 Å². The molecule has 3 aliphatic heterocycles. The van der Waals surface area contributed by atoms with Crippen LogP contribution in [0.25, 0.3) is 0 Å². The Morgan fingerprint density at radius 2 is 1.89 bits per heavy atom. The molecule has 4 heterocycles. The number of H-pyrrole nitrogens is 1. The Balaban J connectivity index is 1.57. The van der Waals surface area contributed by atoms with Gasteiger partial charge in [0.25, 0.3) is 5.56 Å². The summed E-state index contributed by atoms with van der Waals surface area (Å²) in [5.41, 5.74) is 0.185. The van der Waals surface area contributed by atoms with E-state index in [4.69, 9.17) is 12.2 Å². The van der Waals surface area contributed by atoms with Crippen molar-refractivity contribution in [2.75, 3.05) is 25.5 Å². The Labute approximate surface area is 224 Å². The summed E-state index contributed by atoms with van der Waals surface area (Å²) in [6, 6.07) is 4.38. The summed E-state index contributed by atoms with van der Waals surface area (Å²) >= 11 is 5.23. The van der Waals surface area contributed by atoms with Gasteiger partial charge in [-0.3, -0.25) is 38.7 Å². The van der Waals surface area contributed by atoms with Gasteiger partial charge in [-0.2, -0.15) is 0 Å². The fourth-order valence-corrected chi connectivity index (χ4v) is 6.34. The van der Waals surface area contributed by atoms with Crippen LogP contribution in [-0.2, 0) is 16.0 Å². The van der Waals surface area contributed by atoms with Gasteiger partial charge in [0, 0.05) is 38.6 Å². The van der Waals surface area contributed by atoms with Crippen LogP contribution in [0.4, 0.5) is 16.2 Å². The minimum Gasteiger partial charge on any atom is -0.494 e. The minimum atomic E-state index is -1.40. The van der Waals surface area contributed by atoms with Crippen molar-refractivity contribution < 1.29 is 19.5 Å². The van der Waals surface area contributed by atoms with Gasteiger partial charge in [-0.05, 0) is 68.6 Å². The van der Waals surface area contributed by atoms with E-state index in [0.29, 0.717) is 25.1 Å². The van der Waals surface area contributed by atoms with Crippen molar-refractivity contribution in [2.24, 2.45) is 10.4 Å². The largest absolute Gasteiger partial charge is 0.494 e. The van der Waals surface area contributed by atoms with Crippen LogP contribution in [0.1, 0.15) is 50.3 Å². The molecule has 1 aromatic heterocycles. The molecule has 2 saturated heterocycles. The molecule has 2 N–H and O–H groups in total. The summed E-state index contributed by atoms with van der Waals surface area (Å²) in [5, 5.41) is 10.8. The first-order chi connectivity index (χ1) is 18.0. The summed E-state index contributed by atoms with van der Waals surface area (Å²) in [5.74, 6) is -1.24. The van der Waals surface area contributed by atoms with Crippen LogP contribution in [0.5, 0.6) is 5.88 Å². The molecular formula is C26H30N6O5S. The number of rotatable bonds is 4. The zero-order valence-corrected chi connectivity index (χ0v) is 22.5. The van der Waals surface area contributed by atoms with Crippen LogP contribution in [0.15, 0.2) is 28.0 Å². The van der Waals surface area contributed by atoms with Crippen molar-refractivity contribution in [3.05, 3.63) is 44.5 Å². The lowest BCUT2D eigenvalue weighted by molar-refractivity contribution is -0.159. The summed E-state index contributed by atoms with van der Waals surface area (Å²) in [4.78, 5) is 63.3. The van der Waals surface area contributed by atoms with E-state index in [1.807, 2.05) is 19.9 Å². The first-order valence-electron chi connectivity index (χ1n) is 12.6. The SMILES string of the molecule is CC[C@@H](C)n1c(O)c(C=Nc2ccc3c(c2)CC2(C(=O)N(C)C(=O)N(C)C2=O)[C@H]2CCCN32)c(=O)[nH]c1=S. The molecule has 1 aromatic carbocycles. The van der Waals surface area contributed by atoms with E-state index in [1.54, 1.807) is 12.1 Å². The monoisotopic (exact) mass is 538 g/mol. The molecule has 0 saturated carbocycles. The lowest BCUT2D eigenvalue weighted by Gasteiger charge is -2.50. The number of aromatic nitrogens is 2. The third-order valence-electron chi connectivity index (χ3n) is 8.14. The molecule has 2 fully saturated rings. The topological polar surface area (TPSA) is 131 Å². The molecule has 1 spiro atoms. The highest BCUT2D eigenvalue weighted by atomic mass is 32.1. The Kier molecular flexibility index (Phi) is 6.25. The third kappa shape index (κ3) is 3.61. The number of hydrogen-bond acceptors (Lipinski definition) is 8. The first-order valence-corrected chi connectivity index (χ1v) is 13.1. The number of imide groups is 2. The number of hydrogen-bond donors (Lipinski definition) is 2. The quantitative estimate of drug-likeness (QED) is 0.348. The molecule has 2 atom stereocenters. The third-order valence-corrected chi connectivity index (χ3v) is 8.44. The van der Waals surface area contributed by atoms with Crippen LogP contribution < -0.4 is 10.5 Å². The van der Waals surface area contributed by atoms with E-state index in [0.717, 1.165) is 27.5 Å². The molecular weight excluding hydrogens is 508 g/mol. The van der Waals surface area contributed by atoms with E-state index in [-0.39, 0.29) is 34.7 Å². The first kappa shape index (κ1) is 25.8. The van der Waals surface area contributed by atoms with Gasteiger partial charge in [-0.15, -0.1) is 0 Å². The van der Waals surface area contributed by atoms with Gasteiger partial charge in [0.05, 0.1) is 11.7 Å². The second-order valence-corrected chi connectivity index (χ2v) is 10.6. The average Bonchev–Trinajstić information content (AvgIpc) is 3.40. The number of carbonyl (C=O) groups excluding carboxylic acids is 3. The number of fused-ring (bicyclic) bond motifs is 4. The van der Waals surface area contributed by atoms with Crippen LogP contribution in [0, 0.1) is 10.2 Å². The standard InChI is InChI=1S/C26H30N6O5S/c1-5-14(2)32-21(34)17(20(33)28-24(32)38)13-27-16-8-9-18-15(11-16)12-26(19-7-6-10-31(18)19)22(35)29(3)25(37)30(4)23(26)36/h8-9,11,13-14,19,34H,5-7,10,12H2,1-4H3,(H,28,33,38)/t14-,19-/m1/s1. The predicted octanol–water partition coefficient (Wildman–Crippen LogP) is 2.89. The number of aromatic hydroxyl groups is 1. The normalized spacial score (nSPS) is 21.4. The van der Waals surface area contributed by atoms with Gasteiger partial charge in [0.15, 0.2) is 10.2 Å². The summed E-state index contributed by atoms with van der Waals surface area (Å²) in [7, 11) is 2.82. The van der Waals surface area contributed by atoms with Gasteiger partial charge >= 0.3 is 6.03 Å². The lowest BCUT2D eigenvalue weighted by Crippen LogP contribution is -2.70. The highest BCUT2D eigenvalue weighted by Gasteiger charge is 2.63. The van der Waals surface area contributed by atoms with E-state index < -0.39 is 28.8 Å². The molecule has 2 aromatic rings. The Morgan fingerprint density at radius 3 is 2.55 bits per heavy atom. The van der Waals surface area contributed by atoms with Crippen LogP contribution in [0.2, 0.25) is 0 Å². The number of anilines is 1. The minimum absolute atomic E-state index is 0.0212. The number of nitrogens with zero attached hydrogens (tertiary/aromatic N) is 5. The molecule has 3 aliphatic rings. The molecule has 4 amide bonds. The van der Waals surface area contributed by atoms with Crippen molar-refractivity contribution in [3.8, 4) is 5.88 Å². The number of aromatic amines is 1. The Hall–Kier alpha value is -3.80. The van der Waals surface area contributed by atoms with E-state index in [1.165, 1.54) is 24.9 Å². The number of amides is 4. The fraction of sp³-hybridized carbons (Fsp3) is 0.462. The van der Waals surface area contributed by atoms with Crippen molar-refractivity contribution in [1.82, 2.24) is 19.4 Å². The molecule has 0 radical (unpaired) electrons. The highest BCUT2D eigenvalue weighted by Crippen LogP contribution is 2.49. The van der Waals surface area contributed by atoms with Crippen molar-refractivity contribution >= 4 is 47.7 Å². The average molecular weight is 539 g/mol. The second kappa shape index (κ2) is 9.19. The van der Waals surface area contributed by atoms with Crippen LogP contribution in [-0.4, -0.2) is 75.2 Å². The molecule has 38 heavy (non-hydrogen) atoms. The van der Waals surface area contributed by atoms with E-state index >= 15 is 0 Å². The van der Waals surface area contributed by atoms with Crippen LogP contribution >= 0.6 is 12.2 Å². The fourth-order valence-electron chi connectivity index (χ4n) is 5.98. The number of nitrogens with one attached hydrogen (secondary N) is 1. The number of carbonyl (C=O) groups is 3. The zero-order chi connectivity index (χ0) is 27.5. The maximum absolute atomic E-state index is 13.6. The number of benzene rings is 1.